The van der Waals surface area contributed by atoms with Gasteiger partial charge < -0.3 is 16.0 Å². The summed E-state index contributed by atoms with van der Waals surface area (Å²) in [6, 6.07) is 5.95. The third kappa shape index (κ3) is 6.02. The second-order valence-electron chi connectivity index (χ2n) is 6.53. The summed E-state index contributed by atoms with van der Waals surface area (Å²) in [4.78, 5) is 11.3. The number of nitrogens with one attached hydrogen (secondary N) is 1. The van der Waals surface area contributed by atoms with E-state index in [1.807, 2.05) is 24.4 Å². The highest BCUT2D eigenvalue weighted by Crippen LogP contribution is 2.17. The number of rotatable bonds is 7. The van der Waals surface area contributed by atoms with Gasteiger partial charge in [-0.25, -0.2) is 0 Å². The molecule has 3 N–H and O–H groups in total. The van der Waals surface area contributed by atoms with Gasteiger partial charge in [-0.15, -0.1) is 0 Å². The first-order chi connectivity index (χ1) is 10.6. The summed E-state index contributed by atoms with van der Waals surface area (Å²) in [6.07, 6.45) is 3.91. The summed E-state index contributed by atoms with van der Waals surface area (Å²) in [5, 5.41) is 3.17. The van der Waals surface area contributed by atoms with Crippen LogP contribution < -0.4 is 11.1 Å². The van der Waals surface area contributed by atoms with Crippen LogP contribution in [0.4, 0.5) is 0 Å². The zero-order valence-electron chi connectivity index (χ0n) is 13.8. The zero-order valence-corrected chi connectivity index (χ0v) is 13.8. The molecule has 0 amide bonds. The first-order valence-electron chi connectivity index (χ1n) is 8.29. The second-order valence-corrected chi connectivity index (χ2v) is 6.53. The molecule has 0 spiro atoms. The fraction of sp³-hybridized carbons (Fsp3) is 0.647. The Morgan fingerprint density at radius 1 is 1.50 bits per heavy atom. The van der Waals surface area contributed by atoms with Crippen molar-refractivity contribution in [2.45, 2.75) is 26.7 Å². The Morgan fingerprint density at radius 2 is 2.36 bits per heavy atom. The number of aromatic nitrogens is 1. The number of hydrogen-bond donors (Lipinski definition) is 2. The molecule has 22 heavy (non-hydrogen) atoms. The Bertz CT molecular complexity index is 457. The molecule has 1 aliphatic rings. The van der Waals surface area contributed by atoms with Crippen molar-refractivity contribution < 1.29 is 0 Å². The van der Waals surface area contributed by atoms with E-state index in [-0.39, 0.29) is 0 Å². The molecular weight excluding hydrogens is 274 g/mol. The van der Waals surface area contributed by atoms with Crippen molar-refractivity contribution in [3.63, 3.8) is 0 Å². The van der Waals surface area contributed by atoms with E-state index < -0.39 is 0 Å². The van der Waals surface area contributed by atoms with Gasteiger partial charge >= 0.3 is 0 Å². The average Bonchev–Trinajstić information content (AvgIpc) is 2.93. The van der Waals surface area contributed by atoms with Gasteiger partial charge in [0.05, 0.1) is 0 Å². The molecule has 1 fully saturated rings. The minimum absolute atomic E-state index is 0.554. The number of hydrogen-bond acceptors (Lipinski definition) is 3. The van der Waals surface area contributed by atoms with Crippen LogP contribution in [0.15, 0.2) is 29.4 Å². The Kier molecular flexibility index (Phi) is 6.65. The van der Waals surface area contributed by atoms with Gasteiger partial charge in [-0.2, -0.15) is 0 Å². The van der Waals surface area contributed by atoms with Gasteiger partial charge in [-0.1, -0.05) is 19.9 Å². The van der Waals surface area contributed by atoms with E-state index in [0.717, 1.165) is 37.7 Å². The molecule has 0 bridgehead atoms. The van der Waals surface area contributed by atoms with Crippen molar-refractivity contribution in [1.29, 1.82) is 0 Å². The molecule has 0 aliphatic carbocycles. The van der Waals surface area contributed by atoms with E-state index in [0.29, 0.717) is 11.9 Å². The fourth-order valence-corrected chi connectivity index (χ4v) is 2.89. The maximum Gasteiger partial charge on any atom is 0.188 e. The van der Waals surface area contributed by atoms with E-state index >= 15 is 0 Å². The highest BCUT2D eigenvalue weighted by Gasteiger charge is 2.22. The molecule has 1 aromatic heterocycles. The van der Waals surface area contributed by atoms with Crippen molar-refractivity contribution in [2.24, 2.45) is 22.6 Å². The molecule has 1 aromatic rings. The molecule has 0 radical (unpaired) electrons. The van der Waals surface area contributed by atoms with Crippen molar-refractivity contribution in [3.8, 4) is 0 Å². The van der Waals surface area contributed by atoms with Gasteiger partial charge in [0, 0.05) is 44.5 Å². The molecule has 2 heterocycles. The quantitative estimate of drug-likeness (QED) is 0.592. The predicted molar refractivity (Wildman–Crippen MR) is 91.8 cm³/mol. The van der Waals surface area contributed by atoms with Gasteiger partial charge in [-0.3, -0.25) is 9.98 Å². The molecular formula is C17H29N5. The fourth-order valence-electron chi connectivity index (χ4n) is 2.89. The monoisotopic (exact) mass is 303 g/mol. The van der Waals surface area contributed by atoms with Gasteiger partial charge in [0.1, 0.15) is 0 Å². The Balaban J connectivity index is 1.63. The van der Waals surface area contributed by atoms with Crippen LogP contribution in [0.2, 0.25) is 0 Å². The van der Waals surface area contributed by atoms with E-state index in [1.54, 1.807) is 0 Å². The van der Waals surface area contributed by atoms with Gasteiger partial charge in [0.15, 0.2) is 5.96 Å². The smallest absolute Gasteiger partial charge is 0.188 e. The number of nitrogens with zero attached hydrogens (tertiary/aromatic N) is 3. The molecule has 1 saturated heterocycles. The molecule has 5 nitrogen and oxygen atoms in total. The van der Waals surface area contributed by atoms with Crippen LogP contribution in [0.25, 0.3) is 0 Å². The van der Waals surface area contributed by atoms with Crippen LogP contribution in [0.1, 0.15) is 26.0 Å². The van der Waals surface area contributed by atoms with E-state index in [4.69, 9.17) is 5.73 Å². The summed E-state index contributed by atoms with van der Waals surface area (Å²) in [6.45, 7) is 9.70. The summed E-state index contributed by atoms with van der Waals surface area (Å²) < 4.78 is 0. The Hall–Kier alpha value is -1.62. The summed E-state index contributed by atoms with van der Waals surface area (Å²) in [7, 11) is 0. The average molecular weight is 303 g/mol. The molecule has 0 saturated carbocycles. The van der Waals surface area contributed by atoms with Gasteiger partial charge in [0.2, 0.25) is 0 Å². The summed E-state index contributed by atoms with van der Waals surface area (Å²) in [5.41, 5.74) is 7.01. The van der Waals surface area contributed by atoms with Gasteiger partial charge in [-0.05, 0) is 36.9 Å². The number of likely N-dealkylation sites (tertiary alicyclic amines) is 1. The van der Waals surface area contributed by atoms with Gasteiger partial charge in [0.25, 0.3) is 0 Å². The highest BCUT2D eigenvalue weighted by atomic mass is 15.2. The largest absolute Gasteiger partial charge is 0.370 e. The van der Waals surface area contributed by atoms with Crippen LogP contribution in [0.3, 0.4) is 0 Å². The maximum absolute atomic E-state index is 5.94. The summed E-state index contributed by atoms with van der Waals surface area (Å²) >= 11 is 0. The zero-order chi connectivity index (χ0) is 15.8. The van der Waals surface area contributed by atoms with Crippen LogP contribution in [0, 0.1) is 11.8 Å². The first-order valence-corrected chi connectivity index (χ1v) is 8.29. The molecule has 5 heteroatoms. The second kappa shape index (κ2) is 8.73. The lowest BCUT2D eigenvalue weighted by Crippen LogP contribution is -2.34. The number of pyridine rings is 1. The SMILES string of the molecule is CC(C)CN1CCC(CN=C(N)NCCc2ccccn2)C1. The molecule has 1 atom stereocenters. The number of aliphatic imine (C=N–C) groups is 1. The standard InChI is InChI=1S/C17H29N5/c1-14(2)12-22-10-7-15(13-22)11-21-17(18)20-9-6-16-5-3-4-8-19-16/h3-5,8,14-15H,6-7,9-13H2,1-2H3,(H3,18,20,21). The number of nitrogens with two attached hydrogens (primary N) is 1. The predicted octanol–water partition coefficient (Wildman–Crippen LogP) is 1.51. The van der Waals surface area contributed by atoms with Crippen LogP contribution in [0.5, 0.6) is 0 Å². The molecule has 122 valence electrons. The molecule has 2 rings (SSSR count). The van der Waals surface area contributed by atoms with Crippen LogP contribution in [-0.2, 0) is 6.42 Å². The third-order valence-electron chi connectivity index (χ3n) is 3.93. The molecule has 0 aromatic carbocycles. The van der Waals surface area contributed by atoms with Crippen molar-refractivity contribution in [1.82, 2.24) is 15.2 Å². The lowest BCUT2D eigenvalue weighted by Gasteiger charge is -2.17. The normalized spacial score (nSPS) is 19.8. The molecule has 1 unspecified atom stereocenters. The topological polar surface area (TPSA) is 66.5 Å². The highest BCUT2D eigenvalue weighted by molar-refractivity contribution is 5.77. The van der Waals surface area contributed by atoms with Crippen molar-refractivity contribution >= 4 is 5.96 Å². The van der Waals surface area contributed by atoms with E-state index in [1.165, 1.54) is 19.5 Å². The molecule has 1 aliphatic heterocycles. The summed E-state index contributed by atoms with van der Waals surface area (Å²) in [5.74, 6) is 1.94. The first kappa shape index (κ1) is 16.7. The van der Waals surface area contributed by atoms with Crippen molar-refractivity contribution in [3.05, 3.63) is 30.1 Å². The lowest BCUT2D eigenvalue weighted by atomic mass is 10.1. The van der Waals surface area contributed by atoms with Crippen LogP contribution >= 0.6 is 0 Å². The number of guanidine groups is 1. The Labute approximate surface area is 134 Å². The third-order valence-corrected chi connectivity index (χ3v) is 3.93. The Morgan fingerprint density at radius 3 is 3.09 bits per heavy atom. The van der Waals surface area contributed by atoms with E-state index in [2.05, 4.69) is 34.0 Å². The minimum Gasteiger partial charge on any atom is -0.370 e. The minimum atomic E-state index is 0.554. The van der Waals surface area contributed by atoms with Crippen molar-refractivity contribution in [2.75, 3.05) is 32.7 Å². The van der Waals surface area contributed by atoms with Crippen LogP contribution in [-0.4, -0.2) is 48.6 Å². The lowest BCUT2D eigenvalue weighted by molar-refractivity contribution is 0.288. The maximum atomic E-state index is 5.94. The van der Waals surface area contributed by atoms with E-state index in [9.17, 15) is 0 Å².